The van der Waals surface area contributed by atoms with E-state index in [9.17, 15) is 9.90 Å². The largest absolute Gasteiger partial charge is 0.508 e. The fraction of sp³-hybridized carbons (Fsp3) is 0.500. The molecule has 4 atom stereocenters. The van der Waals surface area contributed by atoms with Gasteiger partial charge in [0.05, 0.1) is 42.6 Å². The summed E-state index contributed by atoms with van der Waals surface area (Å²) >= 11 is 12.2. The maximum Gasteiger partial charge on any atom is 0.224 e. The second-order valence-electron chi connectivity index (χ2n) is 11.4. The minimum atomic E-state index is -0.0571. The average Bonchev–Trinajstić information content (AvgIpc) is 2.81. The lowest BCUT2D eigenvalue weighted by atomic mass is 9.57. The number of amides is 1. The maximum atomic E-state index is 13.0. The van der Waals surface area contributed by atoms with E-state index in [0.717, 1.165) is 61.9 Å². The summed E-state index contributed by atoms with van der Waals surface area (Å²) in [7, 11) is 0. The number of phenolic OH excluding ortho intramolecular Hbond substituents is 1. The number of quaternary nitrogens is 1. The SMILES string of the molecule is C=CC[N@@+]1(CC(C)C)CC[C@]2(c3cccc(O)c3)C[C@H](NC(=O)Cc3ccc(Cl)c(Cl)c3)CCC2C1. The van der Waals surface area contributed by atoms with Crippen molar-refractivity contribution in [3.05, 3.63) is 76.3 Å². The molecule has 0 aromatic heterocycles. The Morgan fingerprint density at radius 3 is 2.72 bits per heavy atom. The first-order valence-corrected chi connectivity index (χ1v) is 13.9. The number of nitrogens with zero attached hydrogens (tertiary/aromatic N) is 1. The van der Waals surface area contributed by atoms with Crippen molar-refractivity contribution in [1.82, 2.24) is 5.32 Å². The fourth-order valence-corrected chi connectivity index (χ4v) is 7.28. The second-order valence-corrected chi connectivity index (χ2v) is 12.2. The van der Waals surface area contributed by atoms with Gasteiger partial charge in [-0.05, 0) is 60.7 Å². The van der Waals surface area contributed by atoms with Gasteiger partial charge in [-0.25, -0.2) is 0 Å². The predicted molar refractivity (Wildman–Crippen MR) is 149 cm³/mol. The first-order chi connectivity index (χ1) is 17.1. The minimum absolute atomic E-state index is 0.00954. The highest BCUT2D eigenvalue weighted by Gasteiger charge is 2.53. The van der Waals surface area contributed by atoms with Crippen LogP contribution in [-0.2, 0) is 16.6 Å². The van der Waals surface area contributed by atoms with Crippen LogP contribution in [-0.4, -0.2) is 47.7 Å². The number of nitrogens with one attached hydrogen (secondary N) is 1. The quantitative estimate of drug-likeness (QED) is 0.301. The molecule has 2 aromatic rings. The van der Waals surface area contributed by atoms with E-state index in [4.69, 9.17) is 23.2 Å². The molecule has 2 aliphatic rings. The Bertz CT molecular complexity index is 1100. The van der Waals surface area contributed by atoms with Gasteiger partial charge in [0.2, 0.25) is 5.91 Å². The molecule has 1 unspecified atom stereocenters. The van der Waals surface area contributed by atoms with Crippen LogP contribution in [0.3, 0.4) is 0 Å². The zero-order valence-corrected chi connectivity index (χ0v) is 23.0. The van der Waals surface area contributed by atoms with Crippen LogP contribution < -0.4 is 5.32 Å². The van der Waals surface area contributed by atoms with Crippen LogP contribution >= 0.6 is 23.2 Å². The van der Waals surface area contributed by atoms with Crippen LogP contribution in [0.5, 0.6) is 5.75 Å². The Kier molecular flexibility index (Phi) is 8.38. The van der Waals surface area contributed by atoms with Gasteiger partial charge in [-0.2, -0.15) is 0 Å². The molecule has 194 valence electrons. The minimum Gasteiger partial charge on any atom is -0.508 e. The molecule has 0 spiro atoms. The monoisotopic (exact) mass is 529 g/mol. The van der Waals surface area contributed by atoms with E-state index in [0.29, 0.717) is 27.6 Å². The summed E-state index contributed by atoms with van der Waals surface area (Å²) in [6.07, 6.45) is 6.32. The molecule has 1 amide bonds. The van der Waals surface area contributed by atoms with Crippen molar-refractivity contribution in [3.63, 3.8) is 0 Å². The highest BCUT2D eigenvalue weighted by molar-refractivity contribution is 6.42. The van der Waals surface area contributed by atoms with Crippen molar-refractivity contribution >= 4 is 29.1 Å². The van der Waals surface area contributed by atoms with Gasteiger partial charge < -0.3 is 14.9 Å². The highest BCUT2D eigenvalue weighted by atomic mass is 35.5. The maximum absolute atomic E-state index is 13.0. The van der Waals surface area contributed by atoms with E-state index in [1.54, 1.807) is 18.2 Å². The number of carbonyl (C=O) groups is 1. The summed E-state index contributed by atoms with van der Waals surface area (Å²) in [5.74, 6) is 1.44. The first kappa shape index (κ1) is 27.0. The van der Waals surface area contributed by atoms with E-state index >= 15 is 0 Å². The van der Waals surface area contributed by atoms with Crippen molar-refractivity contribution in [1.29, 1.82) is 0 Å². The summed E-state index contributed by atoms with van der Waals surface area (Å²) in [4.78, 5) is 13.0. The summed E-state index contributed by atoms with van der Waals surface area (Å²) < 4.78 is 1.08. The average molecular weight is 531 g/mol. The molecule has 2 N–H and O–H groups in total. The molecule has 2 aromatic carbocycles. The number of hydrogen-bond acceptors (Lipinski definition) is 2. The number of benzene rings is 2. The molecule has 0 radical (unpaired) electrons. The summed E-state index contributed by atoms with van der Waals surface area (Å²) in [6.45, 7) is 13.0. The summed E-state index contributed by atoms with van der Waals surface area (Å²) in [6, 6.07) is 13.3. The molecule has 1 saturated heterocycles. The Morgan fingerprint density at radius 1 is 1.22 bits per heavy atom. The molecule has 1 heterocycles. The Balaban J connectivity index is 1.56. The van der Waals surface area contributed by atoms with Gasteiger partial charge in [0.25, 0.3) is 0 Å². The van der Waals surface area contributed by atoms with E-state index in [2.05, 4.69) is 37.9 Å². The molecule has 6 heteroatoms. The third-order valence-electron chi connectivity index (χ3n) is 8.30. The van der Waals surface area contributed by atoms with Crippen molar-refractivity contribution in [3.8, 4) is 5.75 Å². The van der Waals surface area contributed by atoms with E-state index in [1.807, 2.05) is 18.2 Å². The number of phenols is 1. The first-order valence-electron chi connectivity index (χ1n) is 13.1. The van der Waals surface area contributed by atoms with Gasteiger partial charge >= 0.3 is 0 Å². The van der Waals surface area contributed by atoms with Crippen molar-refractivity contribution < 1.29 is 14.4 Å². The number of carbonyl (C=O) groups excluding carboxylic acids is 1. The zero-order chi connectivity index (χ0) is 25.9. The number of aromatic hydroxyl groups is 1. The molecule has 4 nitrogen and oxygen atoms in total. The fourth-order valence-electron chi connectivity index (χ4n) is 6.96. The molecular weight excluding hydrogens is 491 g/mol. The number of likely N-dealkylation sites (tertiary alicyclic amines) is 1. The van der Waals surface area contributed by atoms with E-state index in [-0.39, 0.29) is 23.8 Å². The zero-order valence-electron chi connectivity index (χ0n) is 21.5. The van der Waals surface area contributed by atoms with Crippen molar-refractivity contribution in [2.45, 2.75) is 57.4 Å². The van der Waals surface area contributed by atoms with Crippen LogP contribution in [0.2, 0.25) is 10.0 Å². The molecule has 0 bridgehead atoms. The third kappa shape index (κ3) is 5.93. The lowest BCUT2D eigenvalue weighted by Crippen LogP contribution is -2.64. The highest BCUT2D eigenvalue weighted by Crippen LogP contribution is 2.51. The van der Waals surface area contributed by atoms with Gasteiger partial charge in [-0.15, -0.1) is 0 Å². The topological polar surface area (TPSA) is 49.3 Å². The number of hydrogen-bond donors (Lipinski definition) is 2. The number of rotatable bonds is 8. The normalized spacial score (nSPS) is 27.9. The summed E-state index contributed by atoms with van der Waals surface area (Å²) in [5, 5.41) is 14.6. The number of piperidine rings is 1. The number of fused-ring (bicyclic) bond motifs is 1. The van der Waals surface area contributed by atoms with Crippen LogP contribution in [0.4, 0.5) is 0 Å². The lowest BCUT2D eigenvalue weighted by Gasteiger charge is -2.56. The van der Waals surface area contributed by atoms with Gasteiger partial charge in [-0.3, -0.25) is 4.79 Å². The molecule has 2 fully saturated rings. The molecule has 1 saturated carbocycles. The Labute approximate surface area is 225 Å². The van der Waals surface area contributed by atoms with E-state index in [1.165, 1.54) is 5.56 Å². The third-order valence-corrected chi connectivity index (χ3v) is 9.04. The molecule has 1 aliphatic heterocycles. The molecule has 1 aliphatic carbocycles. The molecular formula is C30H39Cl2N2O2+. The Hall–Kier alpha value is -2.01. The van der Waals surface area contributed by atoms with Crippen molar-refractivity contribution in [2.75, 3.05) is 26.2 Å². The van der Waals surface area contributed by atoms with Gasteiger partial charge in [0, 0.05) is 29.7 Å². The standard InChI is InChI=1S/C30H38Cl2N2O2/c1-4-13-34(19-21(2)3)14-12-30(23-6-5-7-26(35)17-23)18-25(10-9-24(30)20-34)33-29(36)16-22-8-11-27(31)28(32)15-22/h4-8,11,15,17,21,24-25H,1,9-10,12-14,16,18-20H2,2-3H3,(H-,33,35,36)/p+1/t24?,25-,30-,34+/m1/s1. The van der Waals surface area contributed by atoms with Gasteiger partial charge in [0.1, 0.15) is 5.75 Å². The number of halogens is 2. The molecule has 4 rings (SSSR count). The van der Waals surface area contributed by atoms with Crippen LogP contribution in [0.15, 0.2) is 55.1 Å². The van der Waals surface area contributed by atoms with Gasteiger partial charge in [-0.1, -0.05) is 61.8 Å². The van der Waals surface area contributed by atoms with Crippen LogP contribution in [0, 0.1) is 11.8 Å². The molecule has 36 heavy (non-hydrogen) atoms. The van der Waals surface area contributed by atoms with E-state index < -0.39 is 0 Å². The van der Waals surface area contributed by atoms with Crippen LogP contribution in [0.25, 0.3) is 0 Å². The Morgan fingerprint density at radius 2 is 2.03 bits per heavy atom. The smallest absolute Gasteiger partial charge is 0.224 e. The lowest BCUT2D eigenvalue weighted by molar-refractivity contribution is -0.935. The van der Waals surface area contributed by atoms with Gasteiger partial charge in [0.15, 0.2) is 0 Å². The predicted octanol–water partition coefficient (Wildman–Crippen LogP) is 6.53. The second kappa shape index (κ2) is 11.2. The van der Waals surface area contributed by atoms with Crippen molar-refractivity contribution in [2.24, 2.45) is 11.8 Å². The summed E-state index contributed by atoms with van der Waals surface area (Å²) in [5.41, 5.74) is 2.01. The van der Waals surface area contributed by atoms with Crippen LogP contribution in [0.1, 0.15) is 50.7 Å².